The van der Waals surface area contributed by atoms with E-state index in [2.05, 4.69) is 26.7 Å². The van der Waals surface area contributed by atoms with E-state index in [0.29, 0.717) is 37.8 Å². The number of Topliss-reactive ketones (excluding diaryl/α,β-unsaturated/α-hetero) is 1. The van der Waals surface area contributed by atoms with Crippen molar-refractivity contribution >= 4 is 5.78 Å². The van der Waals surface area contributed by atoms with Gasteiger partial charge >= 0.3 is 0 Å². The number of aliphatic hydroxyl groups is 1. The summed E-state index contributed by atoms with van der Waals surface area (Å²) in [6.45, 7) is 7.64. The summed E-state index contributed by atoms with van der Waals surface area (Å²) in [5.74, 6) is 3.61. The number of ether oxygens (including phenoxy) is 1. The molecule has 1 saturated heterocycles. The van der Waals surface area contributed by atoms with E-state index in [0.717, 1.165) is 12.8 Å². The van der Waals surface area contributed by atoms with Crippen molar-refractivity contribution in [1.82, 2.24) is 0 Å². The van der Waals surface area contributed by atoms with Crippen LogP contribution in [0.1, 0.15) is 52.9 Å². The summed E-state index contributed by atoms with van der Waals surface area (Å²) in [6.07, 6.45) is 10.2. The predicted octanol–water partition coefficient (Wildman–Crippen LogP) is 2.56. The Kier molecular flexibility index (Phi) is 4.01. The van der Waals surface area contributed by atoms with Crippen molar-refractivity contribution in [3.05, 3.63) is 0 Å². The average Bonchev–Trinajstić information content (AvgIpc) is 2.88. The maximum Gasteiger partial charge on any atom is 0.137 e. The Bertz CT molecular complexity index is 419. The second-order valence-electron chi connectivity index (χ2n) is 7.23. The molecule has 2 saturated carbocycles. The molecule has 0 unspecified atom stereocenters. The minimum absolute atomic E-state index is 0.0318. The molecule has 112 valence electrons. The number of rotatable bonds is 0. The summed E-state index contributed by atoms with van der Waals surface area (Å²) >= 11 is 0. The molecule has 1 heterocycles. The van der Waals surface area contributed by atoms with Crippen LogP contribution >= 0.6 is 0 Å². The largest absolute Gasteiger partial charge is 0.381 e. The van der Waals surface area contributed by atoms with Gasteiger partial charge in [0, 0.05) is 23.7 Å². The molecular formula is C17H26O3. The summed E-state index contributed by atoms with van der Waals surface area (Å²) in [7, 11) is 0. The Morgan fingerprint density at radius 1 is 1.30 bits per heavy atom. The number of carbonyl (C=O) groups is 1. The first-order valence-corrected chi connectivity index (χ1v) is 7.56. The molecule has 0 aromatic carbocycles. The van der Waals surface area contributed by atoms with Crippen LogP contribution in [0.4, 0.5) is 0 Å². The third-order valence-corrected chi connectivity index (χ3v) is 5.83. The molecule has 3 aliphatic rings. The minimum Gasteiger partial charge on any atom is -0.381 e. The van der Waals surface area contributed by atoms with E-state index in [1.807, 2.05) is 0 Å². The van der Waals surface area contributed by atoms with E-state index in [4.69, 9.17) is 11.2 Å². The SMILES string of the molecule is C#C[C@]1(O)C(C)(C)[C@H]2CC[C@]1(C)C2.O=C1CCOCC1. The number of carbonyl (C=O) groups excluding carboxylic acids is 1. The number of hydrogen-bond acceptors (Lipinski definition) is 3. The molecule has 20 heavy (non-hydrogen) atoms. The number of fused-ring (bicyclic) bond motifs is 2. The van der Waals surface area contributed by atoms with Crippen molar-refractivity contribution in [3.8, 4) is 12.3 Å². The Morgan fingerprint density at radius 3 is 2.20 bits per heavy atom. The molecule has 3 heteroatoms. The smallest absolute Gasteiger partial charge is 0.137 e. The fourth-order valence-corrected chi connectivity index (χ4v) is 4.22. The van der Waals surface area contributed by atoms with Crippen molar-refractivity contribution in [1.29, 1.82) is 0 Å². The van der Waals surface area contributed by atoms with Gasteiger partial charge in [0.1, 0.15) is 11.4 Å². The first-order chi connectivity index (χ1) is 9.27. The summed E-state index contributed by atoms with van der Waals surface area (Å²) in [5.41, 5.74) is -1.02. The van der Waals surface area contributed by atoms with Crippen LogP contribution in [0.5, 0.6) is 0 Å². The molecule has 3 nitrogen and oxygen atoms in total. The summed E-state index contributed by atoms with van der Waals surface area (Å²) in [4.78, 5) is 10.4. The van der Waals surface area contributed by atoms with Gasteiger partial charge in [0.15, 0.2) is 0 Å². The van der Waals surface area contributed by atoms with Crippen molar-refractivity contribution in [3.63, 3.8) is 0 Å². The van der Waals surface area contributed by atoms with Crippen molar-refractivity contribution in [2.75, 3.05) is 13.2 Å². The summed E-state index contributed by atoms with van der Waals surface area (Å²) in [6, 6.07) is 0. The van der Waals surface area contributed by atoms with Gasteiger partial charge in [0.2, 0.25) is 0 Å². The van der Waals surface area contributed by atoms with Crippen LogP contribution in [0.2, 0.25) is 0 Å². The van der Waals surface area contributed by atoms with E-state index in [9.17, 15) is 9.90 Å². The maximum absolute atomic E-state index is 10.5. The molecule has 2 aliphatic carbocycles. The minimum atomic E-state index is -0.886. The van der Waals surface area contributed by atoms with E-state index >= 15 is 0 Å². The van der Waals surface area contributed by atoms with E-state index in [1.165, 1.54) is 6.42 Å². The average molecular weight is 278 g/mol. The quantitative estimate of drug-likeness (QED) is 0.693. The standard InChI is InChI=1S/C12H18O.C5H8O2/c1-5-12(13)10(2,3)9-6-7-11(12,4)8-9;6-5-1-3-7-4-2-5/h1,9,13H,6-8H2,2-4H3;1-4H2/t9-,11+,12-;/m0./s1. The van der Waals surface area contributed by atoms with Gasteiger partial charge in [-0.15, -0.1) is 6.42 Å². The highest BCUT2D eigenvalue weighted by Gasteiger charge is 2.67. The maximum atomic E-state index is 10.5. The fraction of sp³-hybridized carbons (Fsp3) is 0.824. The van der Waals surface area contributed by atoms with E-state index in [-0.39, 0.29) is 10.8 Å². The lowest BCUT2D eigenvalue weighted by atomic mass is 9.61. The predicted molar refractivity (Wildman–Crippen MR) is 78.1 cm³/mol. The Hall–Kier alpha value is -0.850. The number of terminal acetylenes is 1. The molecule has 0 radical (unpaired) electrons. The zero-order valence-corrected chi connectivity index (χ0v) is 12.9. The highest BCUT2D eigenvalue weighted by molar-refractivity contribution is 5.79. The molecule has 2 bridgehead atoms. The highest BCUT2D eigenvalue weighted by Crippen LogP contribution is 2.67. The number of ketones is 1. The van der Waals surface area contributed by atoms with Crippen molar-refractivity contribution in [2.24, 2.45) is 16.7 Å². The first kappa shape index (κ1) is 15.5. The van der Waals surface area contributed by atoms with Gasteiger partial charge in [-0.2, -0.15) is 0 Å². The van der Waals surface area contributed by atoms with Crippen LogP contribution in [0.25, 0.3) is 0 Å². The third kappa shape index (κ3) is 2.19. The Morgan fingerprint density at radius 2 is 1.90 bits per heavy atom. The lowest BCUT2D eigenvalue weighted by molar-refractivity contribution is -0.124. The second-order valence-corrected chi connectivity index (χ2v) is 7.23. The van der Waals surface area contributed by atoms with Crippen LogP contribution in [0, 0.1) is 29.1 Å². The van der Waals surface area contributed by atoms with Gasteiger partial charge in [-0.3, -0.25) is 4.79 Å². The monoisotopic (exact) mass is 278 g/mol. The van der Waals surface area contributed by atoms with Crippen LogP contribution in [0.15, 0.2) is 0 Å². The lowest BCUT2D eigenvalue weighted by Gasteiger charge is -2.47. The third-order valence-electron chi connectivity index (χ3n) is 5.83. The molecule has 0 aromatic heterocycles. The molecule has 3 rings (SSSR count). The van der Waals surface area contributed by atoms with Gasteiger partial charge in [-0.1, -0.05) is 26.7 Å². The van der Waals surface area contributed by atoms with E-state index in [1.54, 1.807) is 0 Å². The molecule has 3 fully saturated rings. The Balaban J connectivity index is 0.000000178. The molecule has 0 aromatic rings. The molecule has 3 atom stereocenters. The highest BCUT2D eigenvalue weighted by atomic mass is 16.5. The zero-order chi connectivity index (χ0) is 15.0. The van der Waals surface area contributed by atoms with Gasteiger partial charge < -0.3 is 9.84 Å². The second kappa shape index (κ2) is 5.16. The van der Waals surface area contributed by atoms with Crippen LogP contribution in [-0.4, -0.2) is 29.7 Å². The first-order valence-electron chi connectivity index (χ1n) is 7.56. The normalized spacial score (nSPS) is 41.8. The van der Waals surface area contributed by atoms with Crippen molar-refractivity contribution < 1.29 is 14.6 Å². The molecule has 1 N–H and O–H groups in total. The van der Waals surface area contributed by atoms with Crippen LogP contribution < -0.4 is 0 Å². The fourth-order valence-electron chi connectivity index (χ4n) is 4.22. The van der Waals surface area contributed by atoms with Gasteiger partial charge in [0.05, 0.1) is 13.2 Å². The topological polar surface area (TPSA) is 46.5 Å². The van der Waals surface area contributed by atoms with Crippen molar-refractivity contribution in [2.45, 2.75) is 58.5 Å². The van der Waals surface area contributed by atoms with Gasteiger partial charge in [0.25, 0.3) is 0 Å². The summed E-state index contributed by atoms with van der Waals surface area (Å²) in [5, 5.41) is 10.5. The van der Waals surface area contributed by atoms with E-state index < -0.39 is 5.60 Å². The molecule has 0 spiro atoms. The number of hydrogen-bond donors (Lipinski definition) is 1. The van der Waals surface area contributed by atoms with Gasteiger partial charge in [-0.25, -0.2) is 0 Å². The van der Waals surface area contributed by atoms with Crippen LogP contribution in [-0.2, 0) is 9.53 Å². The van der Waals surface area contributed by atoms with Crippen LogP contribution in [0.3, 0.4) is 0 Å². The molecule has 1 aliphatic heterocycles. The summed E-state index contributed by atoms with van der Waals surface area (Å²) < 4.78 is 4.92. The Labute approximate surface area is 122 Å². The molecular weight excluding hydrogens is 252 g/mol. The van der Waals surface area contributed by atoms with Gasteiger partial charge in [-0.05, 0) is 25.2 Å². The lowest BCUT2D eigenvalue weighted by Crippen LogP contribution is -2.52. The molecule has 0 amide bonds. The zero-order valence-electron chi connectivity index (χ0n) is 12.9.